The van der Waals surface area contributed by atoms with E-state index >= 15 is 0 Å². The summed E-state index contributed by atoms with van der Waals surface area (Å²) in [6.07, 6.45) is 10.1. The fraction of sp³-hybridized carbons (Fsp3) is 1.00. The normalized spacial score (nSPS) is 31.7. The molecule has 0 aliphatic heterocycles. The van der Waals surface area contributed by atoms with E-state index in [-0.39, 0.29) is 0 Å². The average Bonchev–Trinajstić information content (AvgIpc) is 2.08. The first-order valence-corrected chi connectivity index (χ1v) is 6.55. The Bertz CT molecular complexity index is 157. The molecule has 0 bridgehead atoms. The van der Waals surface area contributed by atoms with Gasteiger partial charge in [0, 0.05) is 0 Å². The summed E-state index contributed by atoms with van der Waals surface area (Å²) >= 11 is 0. The molecule has 0 saturated heterocycles. The number of rotatable bonds is 4. The highest BCUT2D eigenvalue weighted by Gasteiger charge is 2.31. The van der Waals surface area contributed by atoms with Crippen molar-refractivity contribution in [3.05, 3.63) is 0 Å². The van der Waals surface area contributed by atoms with Gasteiger partial charge in [-0.15, -0.1) is 0 Å². The third kappa shape index (κ3) is 3.63. The molecule has 0 amide bonds. The monoisotopic (exact) mass is 196 g/mol. The molecule has 0 aromatic rings. The molecular weight excluding hydrogens is 168 g/mol. The molecule has 2 atom stereocenters. The second kappa shape index (κ2) is 5.19. The zero-order valence-electron chi connectivity index (χ0n) is 10.6. The summed E-state index contributed by atoms with van der Waals surface area (Å²) < 4.78 is 0. The maximum absolute atomic E-state index is 2.47. The summed E-state index contributed by atoms with van der Waals surface area (Å²) in [5.41, 5.74) is 0.626. The van der Waals surface area contributed by atoms with Gasteiger partial charge in [0.05, 0.1) is 0 Å². The van der Waals surface area contributed by atoms with Crippen LogP contribution in [0.4, 0.5) is 0 Å². The van der Waals surface area contributed by atoms with Crippen LogP contribution in [0.25, 0.3) is 0 Å². The average molecular weight is 196 g/mol. The summed E-state index contributed by atoms with van der Waals surface area (Å²) in [4.78, 5) is 0. The predicted octanol–water partition coefficient (Wildman–Crippen LogP) is 5.03. The van der Waals surface area contributed by atoms with Gasteiger partial charge in [-0.05, 0) is 36.5 Å². The molecule has 0 N–H and O–H groups in total. The third-order valence-electron chi connectivity index (χ3n) is 4.05. The Hall–Kier alpha value is 0. The summed E-state index contributed by atoms with van der Waals surface area (Å²) in [5.74, 6) is 2.00. The van der Waals surface area contributed by atoms with Crippen LogP contribution in [0.15, 0.2) is 0 Å². The SMILES string of the molecule is CCCCCC1CCC(C)(C)CC1C. The quantitative estimate of drug-likeness (QED) is 0.553. The van der Waals surface area contributed by atoms with E-state index in [2.05, 4.69) is 27.7 Å². The maximum atomic E-state index is 2.47. The van der Waals surface area contributed by atoms with Crippen LogP contribution >= 0.6 is 0 Å². The second-order valence-corrected chi connectivity index (χ2v) is 6.14. The van der Waals surface area contributed by atoms with Crippen LogP contribution in [0.3, 0.4) is 0 Å². The first kappa shape index (κ1) is 12.1. The lowest BCUT2D eigenvalue weighted by Crippen LogP contribution is -2.28. The highest BCUT2D eigenvalue weighted by Crippen LogP contribution is 2.43. The number of hydrogen-bond acceptors (Lipinski definition) is 0. The molecule has 0 radical (unpaired) electrons. The lowest BCUT2D eigenvalue weighted by Gasteiger charge is -2.39. The Morgan fingerprint density at radius 1 is 1.21 bits per heavy atom. The van der Waals surface area contributed by atoms with E-state index in [1.54, 1.807) is 0 Å². The maximum Gasteiger partial charge on any atom is -0.0351 e. The van der Waals surface area contributed by atoms with Gasteiger partial charge in [0.25, 0.3) is 0 Å². The molecule has 84 valence electrons. The van der Waals surface area contributed by atoms with Crippen molar-refractivity contribution < 1.29 is 0 Å². The van der Waals surface area contributed by atoms with Crippen LogP contribution in [0.5, 0.6) is 0 Å². The zero-order chi connectivity index (χ0) is 10.6. The largest absolute Gasteiger partial charge is 0.0654 e. The second-order valence-electron chi connectivity index (χ2n) is 6.14. The Morgan fingerprint density at radius 2 is 1.93 bits per heavy atom. The minimum absolute atomic E-state index is 0.626. The number of hydrogen-bond donors (Lipinski definition) is 0. The van der Waals surface area contributed by atoms with Crippen molar-refractivity contribution in [1.82, 2.24) is 0 Å². The first-order valence-electron chi connectivity index (χ1n) is 6.55. The molecule has 1 fully saturated rings. The molecule has 1 aliphatic carbocycles. The van der Waals surface area contributed by atoms with E-state index in [1.165, 1.54) is 44.9 Å². The Morgan fingerprint density at radius 3 is 2.50 bits per heavy atom. The van der Waals surface area contributed by atoms with Gasteiger partial charge in [0.1, 0.15) is 0 Å². The summed E-state index contributed by atoms with van der Waals surface area (Å²) in [6, 6.07) is 0. The molecule has 0 aromatic heterocycles. The number of unbranched alkanes of at least 4 members (excludes halogenated alkanes) is 2. The molecule has 0 heterocycles. The van der Waals surface area contributed by atoms with Gasteiger partial charge >= 0.3 is 0 Å². The molecule has 1 aliphatic rings. The summed E-state index contributed by atoms with van der Waals surface area (Å²) in [7, 11) is 0. The van der Waals surface area contributed by atoms with Crippen LogP contribution in [-0.4, -0.2) is 0 Å². The van der Waals surface area contributed by atoms with Gasteiger partial charge < -0.3 is 0 Å². The molecule has 1 saturated carbocycles. The minimum Gasteiger partial charge on any atom is -0.0654 e. The lowest BCUT2D eigenvalue weighted by atomic mass is 9.67. The van der Waals surface area contributed by atoms with Crippen LogP contribution in [0, 0.1) is 17.3 Å². The molecule has 1 rings (SSSR count). The van der Waals surface area contributed by atoms with Crippen LogP contribution in [0.1, 0.15) is 72.6 Å². The summed E-state index contributed by atoms with van der Waals surface area (Å²) in [5, 5.41) is 0. The molecule has 0 nitrogen and oxygen atoms in total. The fourth-order valence-electron chi connectivity index (χ4n) is 3.09. The van der Waals surface area contributed by atoms with Gasteiger partial charge in [-0.3, -0.25) is 0 Å². The fourth-order valence-corrected chi connectivity index (χ4v) is 3.09. The van der Waals surface area contributed by atoms with E-state index in [4.69, 9.17) is 0 Å². The van der Waals surface area contributed by atoms with Crippen molar-refractivity contribution in [2.45, 2.75) is 72.6 Å². The van der Waals surface area contributed by atoms with E-state index in [0.717, 1.165) is 11.8 Å². The smallest absolute Gasteiger partial charge is 0.0351 e. The lowest BCUT2D eigenvalue weighted by molar-refractivity contribution is 0.121. The van der Waals surface area contributed by atoms with Gasteiger partial charge in [-0.25, -0.2) is 0 Å². The van der Waals surface area contributed by atoms with E-state index in [1.807, 2.05) is 0 Å². The van der Waals surface area contributed by atoms with Crippen molar-refractivity contribution in [1.29, 1.82) is 0 Å². The molecule has 2 unspecified atom stereocenters. The highest BCUT2D eigenvalue weighted by atomic mass is 14.4. The Labute approximate surface area is 90.5 Å². The first-order chi connectivity index (χ1) is 6.55. The van der Waals surface area contributed by atoms with Gasteiger partial charge in [0.2, 0.25) is 0 Å². The Kier molecular flexibility index (Phi) is 4.47. The molecular formula is C14H28. The van der Waals surface area contributed by atoms with E-state index in [0.29, 0.717) is 5.41 Å². The molecule has 0 heteroatoms. The standard InChI is InChI=1S/C14H28/c1-5-6-7-8-13-9-10-14(3,4)11-12(13)2/h12-13H,5-11H2,1-4H3. The molecule has 14 heavy (non-hydrogen) atoms. The van der Waals surface area contributed by atoms with Crippen molar-refractivity contribution in [3.63, 3.8) is 0 Å². The van der Waals surface area contributed by atoms with Crippen LogP contribution in [-0.2, 0) is 0 Å². The summed E-state index contributed by atoms with van der Waals surface area (Å²) in [6.45, 7) is 9.64. The van der Waals surface area contributed by atoms with Crippen molar-refractivity contribution in [2.75, 3.05) is 0 Å². The zero-order valence-corrected chi connectivity index (χ0v) is 10.6. The predicted molar refractivity (Wildman–Crippen MR) is 64.4 cm³/mol. The van der Waals surface area contributed by atoms with Crippen molar-refractivity contribution in [2.24, 2.45) is 17.3 Å². The highest BCUT2D eigenvalue weighted by molar-refractivity contribution is 4.82. The van der Waals surface area contributed by atoms with Gasteiger partial charge in [0.15, 0.2) is 0 Å². The molecule has 0 spiro atoms. The third-order valence-corrected chi connectivity index (χ3v) is 4.05. The van der Waals surface area contributed by atoms with Gasteiger partial charge in [-0.2, -0.15) is 0 Å². The topological polar surface area (TPSA) is 0 Å². The Balaban J connectivity index is 2.27. The van der Waals surface area contributed by atoms with Crippen LogP contribution < -0.4 is 0 Å². The van der Waals surface area contributed by atoms with E-state index in [9.17, 15) is 0 Å². The van der Waals surface area contributed by atoms with Crippen LogP contribution in [0.2, 0.25) is 0 Å². The molecule has 0 aromatic carbocycles. The van der Waals surface area contributed by atoms with Crippen molar-refractivity contribution >= 4 is 0 Å². The minimum atomic E-state index is 0.626. The van der Waals surface area contributed by atoms with Crippen molar-refractivity contribution in [3.8, 4) is 0 Å². The van der Waals surface area contributed by atoms with Gasteiger partial charge in [-0.1, -0.05) is 53.4 Å². The van der Waals surface area contributed by atoms with E-state index < -0.39 is 0 Å².